The first-order valence-electron chi connectivity index (χ1n) is 7.29. The van der Waals surface area contributed by atoms with Crippen LogP contribution in [-0.4, -0.2) is 35.2 Å². The molecule has 0 fully saturated rings. The Balaban J connectivity index is 2.80. The van der Waals surface area contributed by atoms with Crippen molar-refractivity contribution in [1.29, 1.82) is 0 Å². The van der Waals surface area contributed by atoms with Crippen LogP contribution in [0.1, 0.15) is 38.1 Å². The minimum atomic E-state index is -0.475. The second-order valence-electron chi connectivity index (χ2n) is 6.21. The van der Waals surface area contributed by atoms with E-state index >= 15 is 0 Å². The van der Waals surface area contributed by atoms with E-state index in [1.165, 1.54) is 12.1 Å². The first-order chi connectivity index (χ1) is 9.79. The van der Waals surface area contributed by atoms with E-state index in [1.807, 2.05) is 0 Å². The van der Waals surface area contributed by atoms with E-state index in [1.54, 1.807) is 12.1 Å². The van der Waals surface area contributed by atoms with Gasteiger partial charge in [0.1, 0.15) is 0 Å². The number of nitro benzene ring substituents is 1. The van der Waals surface area contributed by atoms with E-state index in [9.17, 15) is 14.9 Å². The molecule has 0 atom stereocenters. The minimum absolute atomic E-state index is 0.0416. The molecule has 0 amide bonds. The molecule has 1 rings (SSSR count). The molecule has 5 heteroatoms. The summed E-state index contributed by atoms with van der Waals surface area (Å²) in [7, 11) is 0. The van der Waals surface area contributed by atoms with E-state index in [4.69, 9.17) is 0 Å². The summed E-state index contributed by atoms with van der Waals surface area (Å²) in [6.45, 7) is 10.5. The van der Waals surface area contributed by atoms with E-state index in [-0.39, 0.29) is 11.5 Å². The van der Waals surface area contributed by atoms with Crippen LogP contribution in [0.4, 0.5) is 5.69 Å². The molecule has 116 valence electrons. The van der Waals surface area contributed by atoms with Gasteiger partial charge in [-0.15, -0.1) is 0 Å². The third-order valence-electron chi connectivity index (χ3n) is 2.99. The largest absolute Gasteiger partial charge is 0.295 e. The van der Waals surface area contributed by atoms with Crippen LogP contribution in [-0.2, 0) is 0 Å². The number of carbonyl (C=O) groups is 1. The van der Waals surface area contributed by atoms with Gasteiger partial charge in [-0.05, 0) is 11.8 Å². The second-order valence-corrected chi connectivity index (χ2v) is 6.21. The summed E-state index contributed by atoms with van der Waals surface area (Å²) in [6, 6.07) is 5.95. The van der Waals surface area contributed by atoms with Gasteiger partial charge in [-0.25, -0.2) is 0 Å². The van der Waals surface area contributed by atoms with Crippen molar-refractivity contribution in [2.75, 3.05) is 19.6 Å². The predicted octanol–water partition coefficient (Wildman–Crippen LogP) is 3.39. The van der Waals surface area contributed by atoms with Crippen molar-refractivity contribution in [3.8, 4) is 0 Å². The van der Waals surface area contributed by atoms with Gasteiger partial charge in [0.15, 0.2) is 5.78 Å². The highest BCUT2D eigenvalue weighted by atomic mass is 16.6. The van der Waals surface area contributed by atoms with Crippen LogP contribution in [0.3, 0.4) is 0 Å². The van der Waals surface area contributed by atoms with Crippen molar-refractivity contribution in [3.63, 3.8) is 0 Å². The summed E-state index contributed by atoms with van der Waals surface area (Å²) in [5, 5.41) is 10.8. The van der Waals surface area contributed by atoms with Crippen LogP contribution in [0, 0.1) is 22.0 Å². The SMILES string of the molecule is CC(C)CN(CC(=O)c1cccc([N+](=O)[O-])c1)CC(C)C. The van der Waals surface area contributed by atoms with E-state index in [2.05, 4.69) is 32.6 Å². The van der Waals surface area contributed by atoms with Gasteiger partial charge in [-0.2, -0.15) is 0 Å². The summed E-state index contributed by atoms with van der Waals surface area (Å²) in [4.78, 5) is 24.7. The normalized spacial score (nSPS) is 11.4. The Kier molecular flexibility index (Phi) is 6.49. The van der Waals surface area contributed by atoms with Gasteiger partial charge in [0.25, 0.3) is 5.69 Å². The van der Waals surface area contributed by atoms with Crippen molar-refractivity contribution < 1.29 is 9.72 Å². The summed E-state index contributed by atoms with van der Waals surface area (Å²) < 4.78 is 0. The molecular weight excluding hydrogens is 268 g/mol. The number of non-ortho nitro benzene ring substituents is 1. The van der Waals surface area contributed by atoms with E-state index in [0.717, 1.165) is 13.1 Å². The Hall–Kier alpha value is -1.75. The molecule has 0 N–H and O–H groups in total. The van der Waals surface area contributed by atoms with Gasteiger partial charge >= 0.3 is 0 Å². The fourth-order valence-corrected chi connectivity index (χ4v) is 2.32. The summed E-state index contributed by atoms with van der Waals surface area (Å²) in [6.07, 6.45) is 0. The molecule has 0 unspecified atom stereocenters. The number of hydrogen-bond donors (Lipinski definition) is 0. The maximum absolute atomic E-state index is 12.3. The van der Waals surface area contributed by atoms with Gasteiger partial charge in [0.05, 0.1) is 11.5 Å². The van der Waals surface area contributed by atoms with E-state index in [0.29, 0.717) is 23.9 Å². The number of rotatable bonds is 8. The highest BCUT2D eigenvalue weighted by molar-refractivity contribution is 5.98. The van der Waals surface area contributed by atoms with Crippen LogP contribution in [0.2, 0.25) is 0 Å². The fourth-order valence-electron chi connectivity index (χ4n) is 2.32. The Morgan fingerprint density at radius 1 is 1.19 bits per heavy atom. The number of hydrogen-bond acceptors (Lipinski definition) is 4. The monoisotopic (exact) mass is 292 g/mol. The predicted molar refractivity (Wildman–Crippen MR) is 83.5 cm³/mol. The third-order valence-corrected chi connectivity index (χ3v) is 2.99. The highest BCUT2D eigenvalue weighted by Crippen LogP contribution is 2.14. The van der Waals surface area contributed by atoms with Crippen LogP contribution < -0.4 is 0 Å². The average Bonchev–Trinajstić information content (AvgIpc) is 2.37. The van der Waals surface area contributed by atoms with Crippen molar-refractivity contribution in [1.82, 2.24) is 4.90 Å². The first-order valence-corrected chi connectivity index (χ1v) is 7.29. The molecule has 1 aromatic rings. The Labute approximate surface area is 126 Å². The van der Waals surface area contributed by atoms with Crippen LogP contribution in [0.5, 0.6) is 0 Å². The molecule has 21 heavy (non-hydrogen) atoms. The van der Waals surface area contributed by atoms with Gasteiger partial charge in [-0.3, -0.25) is 19.8 Å². The Morgan fingerprint density at radius 3 is 2.24 bits per heavy atom. The summed E-state index contributed by atoms with van der Waals surface area (Å²) in [5.74, 6) is 0.878. The number of ketones is 1. The number of carbonyl (C=O) groups excluding carboxylic acids is 1. The van der Waals surface area contributed by atoms with Crippen molar-refractivity contribution in [3.05, 3.63) is 39.9 Å². The maximum atomic E-state index is 12.3. The van der Waals surface area contributed by atoms with Crippen LogP contribution in [0.25, 0.3) is 0 Å². The molecule has 1 aromatic carbocycles. The van der Waals surface area contributed by atoms with Gasteiger partial charge < -0.3 is 0 Å². The zero-order valence-electron chi connectivity index (χ0n) is 13.2. The molecule has 0 aliphatic carbocycles. The minimum Gasteiger partial charge on any atom is -0.295 e. The quantitative estimate of drug-likeness (QED) is 0.418. The zero-order valence-corrected chi connectivity index (χ0v) is 13.2. The molecule has 0 aromatic heterocycles. The standard InChI is InChI=1S/C16H24N2O3/c1-12(2)9-17(10-13(3)4)11-16(19)14-6-5-7-15(8-14)18(20)21/h5-8,12-13H,9-11H2,1-4H3. The van der Waals surface area contributed by atoms with Crippen molar-refractivity contribution >= 4 is 11.5 Å². The lowest BCUT2D eigenvalue weighted by atomic mass is 10.1. The van der Waals surface area contributed by atoms with Gasteiger partial charge in [-0.1, -0.05) is 39.8 Å². The van der Waals surface area contributed by atoms with Crippen molar-refractivity contribution in [2.45, 2.75) is 27.7 Å². The lowest BCUT2D eigenvalue weighted by Crippen LogP contribution is -2.35. The number of benzene rings is 1. The smallest absolute Gasteiger partial charge is 0.270 e. The summed E-state index contributed by atoms with van der Waals surface area (Å²) >= 11 is 0. The molecule has 0 aliphatic rings. The molecule has 0 spiro atoms. The third kappa shape index (κ3) is 6.04. The molecule has 0 radical (unpaired) electrons. The summed E-state index contributed by atoms with van der Waals surface area (Å²) in [5.41, 5.74) is 0.363. The molecular formula is C16H24N2O3. The van der Waals surface area contributed by atoms with Crippen molar-refractivity contribution in [2.24, 2.45) is 11.8 Å². The van der Waals surface area contributed by atoms with E-state index < -0.39 is 4.92 Å². The molecule has 5 nitrogen and oxygen atoms in total. The molecule has 0 heterocycles. The molecule has 0 bridgehead atoms. The Bertz CT molecular complexity index is 488. The molecule has 0 saturated carbocycles. The van der Waals surface area contributed by atoms with Crippen LogP contribution in [0.15, 0.2) is 24.3 Å². The highest BCUT2D eigenvalue weighted by Gasteiger charge is 2.17. The van der Waals surface area contributed by atoms with Gasteiger partial charge in [0, 0.05) is 30.8 Å². The average molecular weight is 292 g/mol. The van der Waals surface area contributed by atoms with Crippen LogP contribution >= 0.6 is 0 Å². The number of nitro groups is 1. The number of nitrogens with zero attached hydrogens (tertiary/aromatic N) is 2. The molecule has 0 aliphatic heterocycles. The zero-order chi connectivity index (χ0) is 16.0. The lowest BCUT2D eigenvalue weighted by molar-refractivity contribution is -0.384. The van der Waals surface area contributed by atoms with Gasteiger partial charge in [0.2, 0.25) is 0 Å². The maximum Gasteiger partial charge on any atom is 0.270 e. The second kappa shape index (κ2) is 7.88. The fraction of sp³-hybridized carbons (Fsp3) is 0.562. The topological polar surface area (TPSA) is 63.5 Å². The lowest BCUT2D eigenvalue weighted by Gasteiger charge is -2.25. The molecule has 0 saturated heterocycles. The first kappa shape index (κ1) is 17.3. The number of Topliss-reactive ketones (excluding diaryl/α,β-unsaturated/α-hetero) is 1. The Morgan fingerprint density at radius 2 is 1.76 bits per heavy atom.